The maximum atomic E-state index is 6.19. The fourth-order valence-corrected chi connectivity index (χ4v) is 5.25. The Morgan fingerprint density at radius 2 is 1.95 bits per heavy atom. The zero-order valence-electron chi connectivity index (χ0n) is 14.6. The van der Waals surface area contributed by atoms with Crippen LogP contribution in [0.3, 0.4) is 0 Å². The van der Waals surface area contributed by atoms with Gasteiger partial charge in [0, 0.05) is 0 Å². The summed E-state index contributed by atoms with van der Waals surface area (Å²) in [6, 6.07) is 7.29. The van der Waals surface area contributed by atoms with E-state index in [4.69, 9.17) is 5.73 Å². The van der Waals surface area contributed by atoms with Gasteiger partial charge in [-0.25, -0.2) is 0 Å². The van der Waals surface area contributed by atoms with Gasteiger partial charge in [-0.2, -0.15) is 0 Å². The minimum atomic E-state index is 0. The van der Waals surface area contributed by atoms with Crippen LogP contribution >= 0.6 is 12.4 Å². The first kappa shape index (κ1) is 17.8. The van der Waals surface area contributed by atoms with E-state index in [1.165, 1.54) is 37.7 Å². The Labute approximate surface area is 142 Å². The molecule has 1 nitrogen and oxygen atoms in total. The minimum Gasteiger partial charge on any atom is -0.330 e. The number of benzene rings is 1. The van der Waals surface area contributed by atoms with Gasteiger partial charge in [-0.3, -0.25) is 0 Å². The molecule has 2 aliphatic rings. The molecule has 0 saturated heterocycles. The maximum Gasteiger partial charge on any atom is -0.00202 e. The number of fused-ring (bicyclic) bond motifs is 3. The minimum absolute atomic E-state index is 0. The first-order valence-electron chi connectivity index (χ1n) is 8.74. The SMILES string of the molecule is CC(C)c1ccc2c(c1)CC[C@H]1[C@](C)(CN)CCC[C@]21C.Cl. The van der Waals surface area contributed by atoms with Crippen LogP contribution < -0.4 is 5.73 Å². The lowest BCUT2D eigenvalue weighted by atomic mass is 9.50. The molecule has 124 valence electrons. The molecule has 1 aromatic rings. The van der Waals surface area contributed by atoms with Gasteiger partial charge in [-0.1, -0.05) is 52.3 Å². The molecule has 2 aliphatic carbocycles. The monoisotopic (exact) mass is 321 g/mol. The highest BCUT2D eigenvalue weighted by molar-refractivity contribution is 5.85. The summed E-state index contributed by atoms with van der Waals surface area (Å²) in [5, 5.41) is 0. The van der Waals surface area contributed by atoms with E-state index in [9.17, 15) is 0 Å². The standard InChI is InChI=1S/C20H31N.ClH/c1-14(2)15-6-8-17-16(12-15)7-9-18-19(3,13-21)10-5-11-20(17,18)4;/h6,8,12,14,18H,5,7,9-11,13,21H2,1-4H3;1H/t18-,19-,20+;/m0./s1. The smallest absolute Gasteiger partial charge is 0.00202 e. The highest BCUT2D eigenvalue weighted by Crippen LogP contribution is 2.56. The van der Waals surface area contributed by atoms with E-state index in [0.717, 1.165) is 12.5 Å². The van der Waals surface area contributed by atoms with Crippen LogP contribution in [0.5, 0.6) is 0 Å². The zero-order valence-corrected chi connectivity index (χ0v) is 15.4. The third-order valence-corrected chi connectivity index (χ3v) is 6.63. The van der Waals surface area contributed by atoms with Crippen molar-refractivity contribution in [1.82, 2.24) is 0 Å². The molecular formula is C20H32ClN. The predicted octanol–water partition coefficient (Wildman–Crippen LogP) is 5.20. The van der Waals surface area contributed by atoms with Gasteiger partial charge in [0.25, 0.3) is 0 Å². The molecule has 3 rings (SSSR count). The Morgan fingerprint density at radius 3 is 2.59 bits per heavy atom. The highest BCUT2D eigenvalue weighted by atomic mass is 35.5. The number of aryl methyl sites for hydroxylation is 1. The lowest BCUT2D eigenvalue weighted by Gasteiger charge is -2.55. The molecular weight excluding hydrogens is 290 g/mol. The van der Waals surface area contributed by atoms with Crippen molar-refractivity contribution in [3.63, 3.8) is 0 Å². The summed E-state index contributed by atoms with van der Waals surface area (Å²) in [4.78, 5) is 0. The van der Waals surface area contributed by atoms with Gasteiger partial charge in [0.1, 0.15) is 0 Å². The zero-order chi connectivity index (χ0) is 15.3. The van der Waals surface area contributed by atoms with E-state index in [1.807, 2.05) is 0 Å². The molecule has 1 fully saturated rings. The molecule has 0 unspecified atom stereocenters. The van der Waals surface area contributed by atoms with Crippen LogP contribution in [0.4, 0.5) is 0 Å². The summed E-state index contributed by atoms with van der Waals surface area (Å²) in [6.45, 7) is 10.4. The molecule has 0 heterocycles. The first-order valence-corrected chi connectivity index (χ1v) is 8.74. The summed E-state index contributed by atoms with van der Waals surface area (Å²) >= 11 is 0. The van der Waals surface area contributed by atoms with Gasteiger partial charge >= 0.3 is 0 Å². The van der Waals surface area contributed by atoms with Gasteiger partial charge in [0.05, 0.1) is 0 Å². The maximum absolute atomic E-state index is 6.19. The van der Waals surface area contributed by atoms with Crippen LogP contribution in [0.2, 0.25) is 0 Å². The Kier molecular flexibility index (Phi) is 5.00. The molecule has 0 bridgehead atoms. The predicted molar refractivity (Wildman–Crippen MR) is 98.0 cm³/mol. The Hall–Kier alpha value is -0.530. The average molecular weight is 322 g/mol. The summed E-state index contributed by atoms with van der Waals surface area (Å²) in [5.41, 5.74) is 11.6. The van der Waals surface area contributed by atoms with Crippen LogP contribution in [0.15, 0.2) is 18.2 Å². The van der Waals surface area contributed by atoms with Gasteiger partial charge in [0.15, 0.2) is 0 Å². The van der Waals surface area contributed by atoms with Crippen molar-refractivity contribution < 1.29 is 0 Å². The summed E-state index contributed by atoms with van der Waals surface area (Å²) < 4.78 is 0. The molecule has 0 aliphatic heterocycles. The third-order valence-electron chi connectivity index (χ3n) is 6.63. The number of hydrogen-bond acceptors (Lipinski definition) is 1. The van der Waals surface area contributed by atoms with Crippen molar-refractivity contribution in [2.75, 3.05) is 6.54 Å². The second-order valence-electron chi connectivity index (χ2n) is 8.29. The molecule has 1 saturated carbocycles. The van der Waals surface area contributed by atoms with E-state index in [2.05, 4.69) is 45.9 Å². The highest BCUT2D eigenvalue weighted by Gasteiger charge is 2.50. The van der Waals surface area contributed by atoms with Crippen LogP contribution in [-0.4, -0.2) is 6.54 Å². The van der Waals surface area contributed by atoms with Crippen molar-refractivity contribution in [1.29, 1.82) is 0 Å². The Morgan fingerprint density at radius 1 is 1.23 bits per heavy atom. The molecule has 2 N–H and O–H groups in total. The van der Waals surface area contributed by atoms with Crippen LogP contribution in [0, 0.1) is 11.3 Å². The molecule has 1 aromatic carbocycles. The number of hydrogen-bond donors (Lipinski definition) is 1. The van der Waals surface area contributed by atoms with Crippen molar-refractivity contribution in [3.8, 4) is 0 Å². The second kappa shape index (κ2) is 6.17. The largest absolute Gasteiger partial charge is 0.330 e. The molecule has 22 heavy (non-hydrogen) atoms. The fourth-order valence-electron chi connectivity index (χ4n) is 5.25. The van der Waals surface area contributed by atoms with Gasteiger partial charge < -0.3 is 5.73 Å². The van der Waals surface area contributed by atoms with E-state index in [0.29, 0.717) is 16.7 Å². The summed E-state index contributed by atoms with van der Waals surface area (Å²) in [5.74, 6) is 1.38. The van der Waals surface area contributed by atoms with Crippen molar-refractivity contribution >= 4 is 12.4 Å². The topological polar surface area (TPSA) is 26.0 Å². The molecule has 2 heteroatoms. The van der Waals surface area contributed by atoms with E-state index in [-0.39, 0.29) is 12.4 Å². The van der Waals surface area contributed by atoms with Crippen LogP contribution in [-0.2, 0) is 11.8 Å². The Bertz CT molecular complexity index is 539. The molecule has 0 radical (unpaired) electrons. The average Bonchev–Trinajstić information content (AvgIpc) is 2.46. The summed E-state index contributed by atoms with van der Waals surface area (Å²) in [6.07, 6.45) is 6.53. The quantitative estimate of drug-likeness (QED) is 0.796. The van der Waals surface area contributed by atoms with Gasteiger partial charge in [-0.05, 0) is 71.6 Å². The Balaban J connectivity index is 0.00000176. The second-order valence-corrected chi connectivity index (χ2v) is 8.29. The molecule has 0 aromatic heterocycles. The summed E-state index contributed by atoms with van der Waals surface area (Å²) in [7, 11) is 0. The van der Waals surface area contributed by atoms with Crippen LogP contribution in [0.1, 0.15) is 76.0 Å². The number of halogens is 1. The molecule has 0 spiro atoms. The molecule has 0 amide bonds. The third kappa shape index (κ3) is 2.61. The van der Waals surface area contributed by atoms with E-state index in [1.54, 1.807) is 11.1 Å². The molecule has 3 atom stereocenters. The van der Waals surface area contributed by atoms with Crippen molar-refractivity contribution in [3.05, 3.63) is 34.9 Å². The van der Waals surface area contributed by atoms with E-state index < -0.39 is 0 Å². The van der Waals surface area contributed by atoms with Crippen molar-refractivity contribution in [2.45, 2.75) is 71.1 Å². The lowest BCUT2D eigenvalue weighted by Crippen LogP contribution is -2.51. The normalized spacial score (nSPS) is 33.8. The fraction of sp³-hybridized carbons (Fsp3) is 0.700. The van der Waals surface area contributed by atoms with Gasteiger partial charge in [0.2, 0.25) is 0 Å². The number of rotatable bonds is 2. The van der Waals surface area contributed by atoms with E-state index >= 15 is 0 Å². The number of nitrogens with two attached hydrogens (primary N) is 1. The van der Waals surface area contributed by atoms with Crippen LogP contribution in [0.25, 0.3) is 0 Å². The lowest BCUT2D eigenvalue weighted by molar-refractivity contribution is 0.0326. The first-order chi connectivity index (χ1) is 9.90. The van der Waals surface area contributed by atoms with Crippen molar-refractivity contribution in [2.24, 2.45) is 17.1 Å². The van der Waals surface area contributed by atoms with Gasteiger partial charge in [-0.15, -0.1) is 12.4 Å².